The fourth-order valence-corrected chi connectivity index (χ4v) is 4.87. The molecule has 0 N–H and O–H groups in total. The van der Waals surface area contributed by atoms with Crippen LogP contribution < -0.4 is 0 Å². The largest absolute Gasteiger partial charge is 0.327 e. The van der Waals surface area contributed by atoms with E-state index in [1.807, 2.05) is 30.3 Å². The molecule has 0 aliphatic carbocycles. The van der Waals surface area contributed by atoms with Gasteiger partial charge in [-0.25, -0.2) is 4.98 Å². The molecule has 1 heterocycles. The van der Waals surface area contributed by atoms with Gasteiger partial charge in [-0.2, -0.15) is 0 Å². The molecule has 0 amide bonds. The number of aryl methyl sites for hydroxylation is 1. The van der Waals surface area contributed by atoms with Crippen molar-refractivity contribution in [2.24, 2.45) is 0 Å². The van der Waals surface area contributed by atoms with E-state index in [0.717, 1.165) is 52.2 Å². The summed E-state index contributed by atoms with van der Waals surface area (Å²) in [5.74, 6) is 1.93. The van der Waals surface area contributed by atoms with Crippen LogP contribution in [0.25, 0.3) is 11.0 Å². The van der Waals surface area contributed by atoms with Gasteiger partial charge in [0.25, 0.3) is 0 Å². The molecule has 3 nitrogen and oxygen atoms in total. The lowest BCUT2D eigenvalue weighted by Gasteiger charge is -2.22. The molecule has 0 fully saturated rings. The van der Waals surface area contributed by atoms with E-state index in [0.29, 0.717) is 0 Å². The fraction of sp³-hybridized carbons (Fsp3) is 0.480. The molecule has 31 heavy (non-hydrogen) atoms. The van der Waals surface area contributed by atoms with E-state index < -0.39 is 0 Å². The van der Waals surface area contributed by atoms with Crippen molar-refractivity contribution in [1.29, 1.82) is 0 Å². The summed E-state index contributed by atoms with van der Waals surface area (Å²) in [5.41, 5.74) is 2.15. The lowest BCUT2D eigenvalue weighted by molar-refractivity contribution is 0.257. The first-order valence-corrected chi connectivity index (χ1v) is 13.1. The van der Waals surface area contributed by atoms with Gasteiger partial charge in [0, 0.05) is 21.5 Å². The number of nitrogens with zero attached hydrogens (tertiary/aromatic N) is 3. The number of benzene rings is 2. The second-order valence-electron chi connectivity index (χ2n) is 7.96. The molecular formula is C25H33Cl2N3S. The molecule has 6 heteroatoms. The smallest absolute Gasteiger partial charge is 0.120 e. The van der Waals surface area contributed by atoms with Crippen molar-refractivity contribution < 1.29 is 0 Å². The molecule has 0 bridgehead atoms. The first kappa shape index (κ1) is 24.4. The third kappa shape index (κ3) is 7.42. The van der Waals surface area contributed by atoms with Crippen LogP contribution in [0.3, 0.4) is 0 Å². The molecule has 0 saturated carbocycles. The molecule has 3 rings (SSSR count). The Labute approximate surface area is 201 Å². The highest BCUT2D eigenvalue weighted by molar-refractivity contribution is 7.98. The lowest BCUT2D eigenvalue weighted by Crippen LogP contribution is -2.28. The van der Waals surface area contributed by atoms with Crippen LogP contribution in [0, 0.1) is 0 Å². The van der Waals surface area contributed by atoms with Gasteiger partial charge in [-0.3, -0.25) is 0 Å². The van der Waals surface area contributed by atoms with Crippen LogP contribution in [0.15, 0.2) is 47.4 Å². The molecule has 2 aromatic carbocycles. The minimum atomic E-state index is 0.762. The molecule has 0 aliphatic rings. The summed E-state index contributed by atoms with van der Waals surface area (Å²) in [6, 6.07) is 14.0. The summed E-state index contributed by atoms with van der Waals surface area (Å²) in [5, 5.41) is 1.53. The van der Waals surface area contributed by atoms with E-state index in [-0.39, 0.29) is 0 Å². The van der Waals surface area contributed by atoms with Gasteiger partial charge in [-0.1, -0.05) is 49.9 Å². The number of fused-ring (bicyclic) bond motifs is 1. The zero-order chi connectivity index (χ0) is 22.1. The van der Waals surface area contributed by atoms with Crippen LogP contribution >= 0.6 is 35.0 Å². The molecular weight excluding hydrogens is 445 g/mol. The van der Waals surface area contributed by atoms with Crippen molar-refractivity contribution in [3.63, 3.8) is 0 Å². The van der Waals surface area contributed by atoms with E-state index >= 15 is 0 Å². The van der Waals surface area contributed by atoms with Crippen LogP contribution in [-0.4, -0.2) is 34.1 Å². The Bertz CT molecular complexity index is 932. The van der Waals surface area contributed by atoms with Crippen molar-refractivity contribution >= 4 is 46.0 Å². The molecule has 0 atom stereocenters. The molecule has 0 aliphatic heterocycles. The summed E-state index contributed by atoms with van der Waals surface area (Å²) < 4.78 is 2.36. The van der Waals surface area contributed by atoms with Crippen molar-refractivity contribution in [2.75, 3.05) is 19.6 Å². The maximum absolute atomic E-state index is 6.32. The average Bonchev–Trinajstić information content (AvgIpc) is 3.11. The van der Waals surface area contributed by atoms with E-state index in [1.54, 1.807) is 11.8 Å². The molecule has 0 spiro atoms. The predicted octanol–water partition coefficient (Wildman–Crippen LogP) is 7.93. The number of halogens is 2. The second-order valence-corrected chi connectivity index (χ2v) is 9.88. The first-order chi connectivity index (χ1) is 15.1. The van der Waals surface area contributed by atoms with Gasteiger partial charge in [0.05, 0.1) is 16.8 Å². The average molecular weight is 479 g/mol. The standard InChI is InChI=1S/C25H33Cl2N3S/c1-3-5-14-29(15-6-4-2)16-7-17-30-24-18-21(27)10-13-23(24)28-25(30)19-31-22-11-8-20(26)9-12-22/h8-13,18H,3-7,14-17,19H2,1-2H3. The summed E-state index contributed by atoms with van der Waals surface area (Å²) >= 11 is 14.1. The van der Waals surface area contributed by atoms with Gasteiger partial charge >= 0.3 is 0 Å². The van der Waals surface area contributed by atoms with Gasteiger partial charge in [-0.05, 0) is 81.4 Å². The van der Waals surface area contributed by atoms with Crippen molar-refractivity contribution in [2.45, 2.75) is 63.1 Å². The third-order valence-electron chi connectivity index (χ3n) is 5.48. The number of thioether (sulfide) groups is 1. The highest BCUT2D eigenvalue weighted by Gasteiger charge is 2.13. The topological polar surface area (TPSA) is 21.1 Å². The number of hydrogen-bond acceptors (Lipinski definition) is 3. The zero-order valence-electron chi connectivity index (χ0n) is 18.6. The van der Waals surface area contributed by atoms with E-state index in [9.17, 15) is 0 Å². The van der Waals surface area contributed by atoms with Gasteiger partial charge in [0.15, 0.2) is 0 Å². The maximum atomic E-state index is 6.32. The Morgan fingerprint density at radius 1 is 0.871 bits per heavy atom. The Morgan fingerprint density at radius 2 is 1.52 bits per heavy atom. The molecule has 0 radical (unpaired) electrons. The molecule has 3 aromatic rings. The molecule has 168 valence electrons. The third-order valence-corrected chi connectivity index (χ3v) is 6.98. The van der Waals surface area contributed by atoms with Crippen molar-refractivity contribution in [3.05, 3.63) is 58.3 Å². The minimum Gasteiger partial charge on any atom is -0.327 e. The first-order valence-electron chi connectivity index (χ1n) is 11.4. The summed E-state index contributed by atoms with van der Waals surface area (Å²) in [6.45, 7) is 9.03. The van der Waals surface area contributed by atoms with Gasteiger partial charge < -0.3 is 9.47 Å². The van der Waals surface area contributed by atoms with Crippen LogP contribution in [-0.2, 0) is 12.3 Å². The lowest BCUT2D eigenvalue weighted by atomic mass is 10.2. The van der Waals surface area contributed by atoms with Crippen molar-refractivity contribution in [3.8, 4) is 0 Å². The van der Waals surface area contributed by atoms with Gasteiger partial charge in [0.1, 0.15) is 5.82 Å². The number of unbranched alkanes of at least 4 members (excludes halogenated alkanes) is 2. The van der Waals surface area contributed by atoms with Crippen LogP contribution in [0.5, 0.6) is 0 Å². The van der Waals surface area contributed by atoms with Gasteiger partial charge in [0.2, 0.25) is 0 Å². The van der Waals surface area contributed by atoms with Crippen molar-refractivity contribution in [1.82, 2.24) is 14.5 Å². The Morgan fingerprint density at radius 3 is 2.19 bits per heavy atom. The SMILES string of the molecule is CCCCN(CCCC)CCCn1c(CSc2ccc(Cl)cc2)nc2ccc(Cl)cc21. The quantitative estimate of drug-likeness (QED) is 0.233. The summed E-state index contributed by atoms with van der Waals surface area (Å²) in [6.07, 6.45) is 6.16. The van der Waals surface area contributed by atoms with E-state index in [1.165, 1.54) is 43.7 Å². The molecule has 1 aromatic heterocycles. The highest BCUT2D eigenvalue weighted by atomic mass is 35.5. The van der Waals surface area contributed by atoms with E-state index in [4.69, 9.17) is 28.2 Å². The zero-order valence-corrected chi connectivity index (χ0v) is 20.9. The van der Waals surface area contributed by atoms with E-state index in [2.05, 4.69) is 35.4 Å². The second kappa shape index (κ2) is 12.7. The molecule has 0 saturated heterocycles. The number of hydrogen-bond donors (Lipinski definition) is 0. The minimum absolute atomic E-state index is 0.762. The predicted molar refractivity (Wildman–Crippen MR) is 137 cm³/mol. The number of rotatable bonds is 13. The molecule has 0 unspecified atom stereocenters. The summed E-state index contributed by atoms with van der Waals surface area (Å²) in [4.78, 5) is 8.75. The van der Waals surface area contributed by atoms with Crippen LogP contribution in [0.2, 0.25) is 10.0 Å². The Kier molecular flexibility index (Phi) is 10.0. The normalized spacial score (nSPS) is 11.6. The van der Waals surface area contributed by atoms with Crippen LogP contribution in [0.1, 0.15) is 51.8 Å². The number of imidazole rings is 1. The Balaban J connectivity index is 1.71. The summed E-state index contributed by atoms with van der Waals surface area (Å²) in [7, 11) is 0. The maximum Gasteiger partial charge on any atom is 0.120 e. The number of aromatic nitrogens is 2. The highest BCUT2D eigenvalue weighted by Crippen LogP contribution is 2.27. The Hall–Kier alpha value is -1.20. The monoisotopic (exact) mass is 477 g/mol. The van der Waals surface area contributed by atoms with Crippen LogP contribution in [0.4, 0.5) is 0 Å². The fourth-order valence-electron chi connectivity index (χ4n) is 3.74. The van der Waals surface area contributed by atoms with Gasteiger partial charge in [-0.15, -0.1) is 11.8 Å².